The topological polar surface area (TPSA) is 90.2 Å². The Kier molecular flexibility index (Phi) is 4.35. The van der Waals surface area contributed by atoms with Crippen LogP contribution in [0.15, 0.2) is 35.5 Å². The van der Waals surface area contributed by atoms with Crippen molar-refractivity contribution in [3.63, 3.8) is 0 Å². The van der Waals surface area contributed by atoms with Gasteiger partial charge in [-0.3, -0.25) is 9.67 Å². The quantitative estimate of drug-likeness (QED) is 0.678. The van der Waals surface area contributed by atoms with Gasteiger partial charge < -0.3 is 4.74 Å². The minimum absolute atomic E-state index is 0.185. The van der Waals surface area contributed by atoms with Crippen molar-refractivity contribution in [1.82, 2.24) is 24.1 Å². The molecule has 0 aromatic carbocycles. The molecule has 0 amide bonds. The number of aryl methyl sites for hydroxylation is 3. The molecule has 3 aromatic rings. The predicted molar refractivity (Wildman–Crippen MR) is 100 cm³/mol. The Bertz CT molecular complexity index is 1110. The van der Waals surface area contributed by atoms with E-state index in [-0.39, 0.29) is 11.0 Å². The van der Waals surface area contributed by atoms with Crippen LogP contribution in [0.2, 0.25) is 0 Å². The molecule has 0 radical (unpaired) electrons. The highest BCUT2D eigenvalue weighted by molar-refractivity contribution is 7.89. The number of pyridine rings is 2. The fourth-order valence-corrected chi connectivity index (χ4v) is 4.82. The van der Waals surface area contributed by atoms with E-state index in [4.69, 9.17) is 4.74 Å². The molecule has 0 saturated carbocycles. The Hall–Kier alpha value is -2.52. The molecule has 9 heteroatoms. The summed E-state index contributed by atoms with van der Waals surface area (Å²) < 4.78 is 35.2. The molecule has 3 aromatic heterocycles. The zero-order chi connectivity index (χ0) is 19.2. The van der Waals surface area contributed by atoms with Gasteiger partial charge in [-0.05, 0) is 38.5 Å². The first-order valence-electron chi connectivity index (χ1n) is 8.74. The van der Waals surface area contributed by atoms with Crippen molar-refractivity contribution in [2.24, 2.45) is 7.05 Å². The van der Waals surface area contributed by atoms with E-state index in [2.05, 4.69) is 15.1 Å². The highest BCUT2D eigenvalue weighted by atomic mass is 32.2. The Morgan fingerprint density at radius 1 is 1.22 bits per heavy atom. The predicted octanol–water partition coefficient (Wildman–Crippen LogP) is 1.82. The Balaban J connectivity index is 1.56. The average Bonchev–Trinajstić information content (AvgIpc) is 3.22. The molecular formula is C18H21N5O3S. The second kappa shape index (κ2) is 6.58. The van der Waals surface area contributed by atoms with Gasteiger partial charge in [-0.2, -0.15) is 9.40 Å². The number of fused-ring (bicyclic) bond motifs is 1. The van der Waals surface area contributed by atoms with Gasteiger partial charge in [-0.1, -0.05) is 0 Å². The van der Waals surface area contributed by atoms with Crippen LogP contribution in [0.25, 0.3) is 11.0 Å². The number of nitrogens with zero attached hydrogens (tertiary/aromatic N) is 5. The summed E-state index contributed by atoms with van der Waals surface area (Å²) in [5.74, 6) is 0.691. The molecule has 8 nitrogen and oxygen atoms in total. The van der Waals surface area contributed by atoms with E-state index < -0.39 is 10.0 Å². The van der Waals surface area contributed by atoms with E-state index >= 15 is 0 Å². The Morgan fingerprint density at radius 2 is 2.04 bits per heavy atom. The SMILES string of the molecule is Cc1ncccc1O[C@H]1CCN(S(=O)(=O)c2cnc3c(c2)c(C)nn3C)C1. The van der Waals surface area contributed by atoms with Crippen LogP contribution in [-0.2, 0) is 17.1 Å². The van der Waals surface area contributed by atoms with Gasteiger partial charge in [0.05, 0.1) is 17.9 Å². The lowest BCUT2D eigenvalue weighted by molar-refractivity contribution is 0.213. The highest BCUT2D eigenvalue weighted by Crippen LogP contribution is 2.27. The second-order valence-electron chi connectivity index (χ2n) is 6.73. The van der Waals surface area contributed by atoms with Crippen LogP contribution in [0.5, 0.6) is 5.75 Å². The largest absolute Gasteiger partial charge is 0.487 e. The van der Waals surface area contributed by atoms with E-state index in [0.717, 1.165) is 16.8 Å². The molecule has 1 aliphatic heterocycles. The van der Waals surface area contributed by atoms with Crippen LogP contribution in [0.1, 0.15) is 17.8 Å². The van der Waals surface area contributed by atoms with Gasteiger partial charge in [0.25, 0.3) is 0 Å². The van der Waals surface area contributed by atoms with Crippen LogP contribution in [0, 0.1) is 13.8 Å². The Labute approximate surface area is 157 Å². The summed E-state index contributed by atoms with van der Waals surface area (Å²) in [6.45, 7) is 4.43. The molecule has 0 N–H and O–H groups in total. The van der Waals surface area contributed by atoms with Gasteiger partial charge in [-0.25, -0.2) is 13.4 Å². The molecule has 4 heterocycles. The molecule has 1 atom stereocenters. The molecular weight excluding hydrogens is 366 g/mol. The summed E-state index contributed by atoms with van der Waals surface area (Å²) in [5.41, 5.74) is 2.22. The normalized spacial score (nSPS) is 18.3. The van der Waals surface area contributed by atoms with E-state index in [1.165, 1.54) is 10.5 Å². The molecule has 0 aliphatic carbocycles. The van der Waals surface area contributed by atoms with Gasteiger partial charge in [0, 0.05) is 31.4 Å². The maximum Gasteiger partial charge on any atom is 0.244 e. The number of hydrogen-bond donors (Lipinski definition) is 0. The monoisotopic (exact) mass is 387 g/mol. The minimum Gasteiger partial charge on any atom is -0.487 e. The fourth-order valence-electron chi connectivity index (χ4n) is 3.36. The van der Waals surface area contributed by atoms with E-state index in [1.54, 1.807) is 24.0 Å². The maximum atomic E-state index is 13.1. The van der Waals surface area contributed by atoms with Crippen LogP contribution < -0.4 is 4.74 Å². The summed E-state index contributed by atoms with van der Waals surface area (Å²) >= 11 is 0. The number of hydrogen-bond acceptors (Lipinski definition) is 6. The molecule has 0 bridgehead atoms. The maximum absolute atomic E-state index is 13.1. The average molecular weight is 387 g/mol. The van der Waals surface area contributed by atoms with Gasteiger partial charge in [0.2, 0.25) is 10.0 Å². The van der Waals surface area contributed by atoms with E-state index in [1.807, 2.05) is 26.0 Å². The first kappa shape index (κ1) is 17.9. The number of sulfonamides is 1. The molecule has 0 spiro atoms. The van der Waals surface area contributed by atoms with Crippen LogP contribution in [-0.4, -0.2) is 51.7 Å². The van der Waals surface area contributed by atoms with Crippen molar-refractivity contribution in [1.29, 1.82) is 0 Å². The number of aromatic nitrogens is 4. The molecule has 0 unspecified atom stereocenters. The van der Waals surface area contributed by atoms with Crippen molar-refractivity contribution in [2.45, 2.75) is 31.3 Å². The number of ether oxygens (including phenoxy) is 1. The van der Waals surface area contributed by atoms with Crippen LogP contribution in [0.3, 0.4) is 0 Å². The Morgan fingerprint density at radius 3 is 2.81 bits per heavy atom. The highest BCUT2D eigenvalue weighted by Gasteiger charge is 2.34. The third kappa shape index (κ3) is 3.17. The van der Waals surface area contributed by atoms with E-state index in [9.17, 15) is 8.42 Å². The van der Waals surface area contributed by atoms with Crippen molar-refractivity contribution in [2.75, 3.05) is 13.1 Å². The molecule has 1 aliphatic rings. The summed E-state index contributed by atoms with van der Waals surface area (Å²) in [4.78, 5) is 8.68. The lowest BCUT2D eigenvalue weighted by Gasteiger charge is -2.17. The van der Waals surface area contributed by atoms with Crippen molar-refractivity contribution in [3.8, 4) is 5.75 Å². The van der Waals surface area contributed by atoms with Crippen molar-refractivity contribution < 1.29 is 13.2 Å². The molecule has 4 rings (SSSR count). The smallest absolute Gasteiger partial charge is 0.244 e. The third-order valence-electron chi connectivity index (χ3n) is 4.84. The summed E-state index contributed by atoms with van der Waals surface area (Å²) in [6.07, 6.45) is 3.55. The lowest BCUT2D eigenvalue weighted by atomic mass is 10.3. The lowest BCUT2D eigenvalue weighted by Crippen LogP contribution is -2.31. The molecule has 27 heavy (non-hydrogen) atoms. The molecule has 142 valence electrons. The second-order valence-corrected chi connectivity index (χ2v) is 8.67. The van der Waals surface area contributed by atoms with E-state index in [0.29, 0.717) is 30.9 Å². The van der Waals surface area contributed by atoms with Crippen LogP contribution >= 0.6 is 0 Å². The van der Waals surface area contributed by atoms with Gasteiger partial charge >= 0.3 is 0 Å². The summed E-state index contributed by atoms with van der Waals surface area (Å²) in [6, 6.07) is 5.31. The van der Waals surface area contributed by atoms with Crippen molar-refractivity contribution in [3.05, 3.63) is 42.0 Å². The third-order valence-corrected chi connectivity index (χ3v) is 6.67. The van der Waals surface area contributed by atoms with Gasteiger partial charge in [0.1, 0.15) is 16.7 Å². The minimum atomic E-state index is -3.63. The van der Waals surface area contributed by atoms with Gasteiger partial charge in [-0.15, -0.1) is 0 Å². The first-order valence-corrected chi connectivity index (χ1v) is 10.2. The summed E-state index contributed by atoms with van der Waals surface area (Å²) in [5, 5.41) is 5.04. The first-order chi connectivity index (χ1) is 12.9. The zero-order valence-electron chi connectivity index (χ0n) is 15.5. The van der Waals surface area contributed by atoms with Crippen LogP contribution in [0.4, 0.5) is 0 Å². The molecule has 1 saturated heterocycles. The fraction of sp³-hybridized carbons (Fsp3) is 0.389. The van der Waals surface area contributed by atoms with Gasteiger partial charge in [0.15, 0.2) is 5.65 Å². The van der Waals surface area contributed by atoms with Crippen molar-refractivity contribution >= 4 is 21.1 Å². The summed E-state index contributed by atoms with van der Waals surface area (Å²) in [7, 11) is -1.84. The number of rotatable bonds is 4. The molecule has 1 fully saturated rings. The zero-order valence-corrected chi connectivity index (χ0v) is 16.3. The standard InChI is InChI=1S/C18H21N5O3S/c1-12-16-9-15(10-20-18(16)22(3)21-12)27(24,25)23-8-6-14(11-23)26-17-5-4-7-19-13(17)2/h4-5,7,9-10,14H,6,8,11H2,1-3H3/t14-/m0/s1.